The fraction of sp³-hybridized carbons (Fsp3) is 0.385. The second-order valence-corrected chi connectivity index (χ2v) is 5.25. The maximum atomic E-state index is 11.6. The molecule has 18 heavy (non-hydrogen) atoms. The topological polar surface area (TPSA) is 84.2 Å². The molecule has 0 aliphatic heterocycles. The Hall–Kier alpha value is -2.04. The summed E-state index contributed by atoms with van der Waals surface area (Å²) in [6, 6.07) is 5.22. The lowest BCUT2D eigenvalue weighted by molar-refractivity contribution is -0.137. The summed E-state index contributed by atoms with van der Waals surface area (Å²) in [4.78, 5) is 23.2. The van der Waals surface area contributed by atoms with Crippen LogP contribution in [0.1, 0.15) is 26.3 Å². The van der Waals surface area contributed by atoms with E-state index >= 15 is 0 Å². The average molecular weight is 249 g/mol. The van der Waals surface area contributed by atoms with Gasteiger partial charge in [-0.3, -0.25) is 9.59 Å². The lowest BCUT2D eigenvalue weighted by Gasteiger charge is -2.20. The van der Waals surface area contributed by atoms with Gasteiger partial charge in [0.25, 0.3) is 0 Å². The lowest BCUT2D eigenvalue weighted by atomic mass is 10.1. The van der Waals surface area contributed by atoms with E-state index in [9.17, 15) is 9.59 Å². The van der Waals surface area contributed by atoms with Gasteiger partial charge in [0.1, 0.15) is 0 Å². The molecule has 0 spiro atoms. The van der Waals surface area contributed by atoms with Crippen molar-refractivity contribution in [2.45, 2.75) is 33.2 Å². The highest BCUT2D eigenvalue weighted by Gasteiger charge is 2.20. The number of nitrogens with one attached hydrogen (secondary N) is 2. The zero-order valence-electron chi connectivity index (χ0n) is 11.1. The Morgan fingerprint density at radius 3 is 2.28 bits per heavy atom. The summed E-state index contributed by atoms with van der Waals surface area (Å²) in [6.07, 6.45) is 0. The van der Waals surface area contributed by atoms with Crippen molar-refractivity contribution in [1.29, 1.82) is 0 Å². The number of aryl methyl sites for hydroxylation is 1. The van der Waals surface area contributed by atoms with Crippen LogP contribution in [0.25, 0.3) is 0 Å². The highest BCUT2D eigenvalue weighted by Crippen LogP contribution is 2.19. The van der Waals surface area contributed by atoms with Gasteiger partial charge in [0.2, 0.25) is 0 Å². The van der Waals surface area contributed by atoms with Crippen LogP contribution in [0, 0.1) is 6.92 Å². The van der Waals surface area contributed by atoms with Crippen LogP contribution in [0.2, 0.25) is 0 Å². The van der Waals surface area contributed by atoms with Gasteiger partial charge < -0.3 is 16.4 Å². The van der Waals surface area contributed by atoms with Crippen molar-refractivity contribution in [3.63, 3.8) is 0 Å². The van der Waals surface area contributed by atoms with Crippen LogP contribution in [-0.2, 0) is 9.59 Å². The number of rotatable bonds is 1. The Labute approximate surface area is 107 Å². The zero-order valence-corrected chi connectivity index (χ0v) is 11.1. The number of nitrogens with two attached hydrogens (primary N) is 1. The van der Waals surface area contributed by atoms with Crippen molar-refractivity contribution in [3.8, 4) is 0 Å². The molecule has 0 aliphatic carbocycles. The van der Waals surface area contributed by atoms with Crippen molar-refractivity contribution < 1.29 is 9.59 Å². The Bertz CT molecular complexity index is 476. The van der Waals surface area contributed by atoms with Crippen LogP contribution in [-0.4, -0.2) is 17.4 Å². The number of benzene rings is 1. The van der Waals surface area contributed by atoms with Crippen molar-refractivity contribution in [2.75, 3.05) is 11.1 Å². The molecule has 0 radical (unpaired) electrons. The Balaban J connectivity index is 2.73. The number of hydrogen-bond acceptors (Lipinski definition) is 3. The van der Waals surface area contributed by atoms with Gasteiger partial charge >= 0.3 is 11.8 Å². The third kappa shape index (κ3) is 4.08. The van der Waals surface area contributed by atoms with Gasteiger partial charge in [-0.05, 0) is 45.4 Å². The zero-order chi connectivity index (χ0) is 13.9. The maximum absolute atomic E-state index is 11.6. The van der Waals surface area contributed by atoms with Crippen LogP contribution in [0.3, 0.4) is 0 Å². The number of amides is 2. The van der Waals surface area contributed by atoms with Gasteiger partial charge in [-0.1, -0.05) is 6.07 Å². The third-order valence-corrected chi connectivity index (χ3v) is 2.15. The largest absolute Gasteiger partial charge is 0.397 e. The molecular weight excluding hydrogens is 230 g/mol. The van der Waals surface area contributed by atoms with Gasteiger partial charge in [-0.15, -0.1) is 0 Å². The summed E-state index contributed by atoms with van der Waals surface area (Å²) < 4.78 is 0. The van der Waals surface area contributed by atoms with Gasteiger partial charge in [-0.2, -0.15) is 0 Å². The summed E-state index contributed by atoms with van der Waals surface area (Å²) in [6.45, 7) is 7.31. The standard InChI is InChI=1S/C13H19N3O2/c1-8-5-6-10(9(14)7-8)15-11(17)12(18)16-13(2,3)4/h5-7H,14H2,1-4H3,(H,15,17)(H,16,18). The summed E-state index contributed by atoms with van der Waals surface area (Å²) in [5.41, 5.74) is 7.17. The first-order valence-electron chi connectivity index (χ1n) is 5.68. The normalized spacial score (nSPS) is 10.9. The monoisotopic (exact) mass is 249 g/mol. The Kier molecular flexibility index (Phi) is 3.96. The molecule has 1 aromatic carbocycles. The van der Waals surface area contributed by atoms with Crippen LogP contribution < -0.4 is 16.4 Å². The molecule has 0 aliphatic rings. The van der Waals surface area contributed by atoms with E-state index < -0.39 is 17.4 Å². The molecule has 0 saturated heterocycles. The molecule has 0 atom stereocenters. The van der Waals surface area contributed by atoms with E-state index in [1.54, 1.807) is 32.9 Å². The molecule has 98 valence electrons. The molecule has 0 heterocycles. The fourth-order valence-corrected chi connectivity index (χ4v) is 1.37. The van der Waals surface area contributed by atoms with E-state index in [4.69, 9.17) is 5.73 Å². The van der Waals surface area contributed by atoms with Crippen molar-refractivity contribution >= 4 is 23.2 Å². The molecule has 5 heteroatoms. The van der Waals surface area contributed by atoms with E-state index in [1.165, 1.54) is 0 Å². The molecule has 0 unspecified atom stereocenters. The van der Waals surface area contributed by atoms with Crippen molar-refractivity contribution in [2.24, 2.45) is 0 Å². The van der Waals surface area contributed by atoms with Crippen molar-refractivity contribution in [1.82, 2.24) is 5.32 Å². The number of carbonyl (C=O) groups excluding carboxylic acids is 2. The molecule has 1 aromatic rings. The fourth-order valence-electron chi connectivity index (χ4n) is 1.37. The molecular formula is C13H19N3O2. The lowest BCUT2D eigenvalue weighted by Crippen LogP contribution is -2.46. The minimum atomic E-state index is -0.722. The maximum Gasteiger partial charge on any atom is 0.313 e. The van der Waals surface area contributed by atoms with Gasteiger partial charge in [0, 0.05) is 5.54 Å². The summed E-state index contributed by atoms with van der Waals surface area (Å²) in [5, 5.41) is 5.06. The number of anilines is 2. The molecule has 0 aromatic heterocycles. The van der Waals surface area contributed by atoms with Crippen LogP contribution in [0.4, 0.5) is 11.4 Å². The van der Waals surface area contributed by atoms with Crippen LogP contribution in [0.5, 0.6) is 0 Å². The van der Waals surface area contributed by atoms with Crippen LogP contribution >= 0.6 is 0 Å². The minimum absolute atomic E-state index is 0.437. The highest BCUT2D eigenvalue weighted by atomic mass is 16.2. The molecule has 1 rings (SSSR count). The summed E-state index contributed by atoms with van der Waals surface area (Å²) in [7, 11) is 0. The van der Waals surface area contributed by atoms with Gasteiger partial charge in [-0.25, -0.2) is 0 Å². The third-order valence-electron chi connectivity index (χ3n) is 2.15. The van der Waals surface area contributed by atoms with E-state index in [-0.39, 0.29) is 0 Å². The molecule has 0 bridgehead atoms. The highest BCUT2D eigenvalue weighted by molar-refractivity contribution is 6.40. The summed E-state index contributed by atoms with van der Waals surface area (Å²) >= 11 is 0. The Morgan fingerprint density at radius 2 is 1.78 bits per heavy atom. The van der Waals surface area contributed by atoms with E-state index in [0.717, 1.165) is 5.56 Å². The summed E-state index contributed by atoms with van der Waals surface area (Å²) in [5.74, 6) is -1.40. The van der Waals surface area contributed by atoms with Gasteiger partial charge in [0.15, 0.2) is 0 Å². The van der Waals surface area contributed by atoms with Crippen molar-refractivity contribution in [3.05, 3.63) is 23.8 Å². The second-order valence-electron chi connectivity index (χ2n) is 5.25. The smallest absolute Gasteiger partial charge is 0.313 e. The number of hydrogen-bond donors (Lipinski definition) is 3. The van der Waals surface area contributed by atoms with E-state index in [1.807, 2.05) is 13.0 Å². The first-order chi connectivity index (χ1) is 8.19. The average Bonchev–Trinajstić information content (AvgIpc) is 2.19. The first-order valence-corrected chi connectivity index (χ1v) is 5.68. The van der Waals surface area contributed by atoms with Crippen LogP contribution in [0.15, 0.2) is 18.2 Å². The molecule has 0 fully saturated rings. The number of nitrogen functional groups attached to an aromatic ring is 1. The predicted octanol–water partition coefficient (Wildman–Crippen LogP) is 1.43. The molecule has 2 amide bonds. The SMILES string of the molecule is Cc1ccc(NC(=O)C(=O)NC(C)(C)C)c(N)c1. The van der Waals surface area contributed by atoms with E-state index in [2.05, 4.69) is 10.6 Å². The van der Waals surface area contributed by atoms with E-state index in [0.29, 0.717) is 11.4 Å². The molecule has 5 nitrogen and oxygen atoms in total. The minimum Gasteiger partial charge on any atom is -0.397 e. The second kappa shape index (κ2) is 5.08. The quantitative estimate of drug-likeness (QED) is 0.520. The number of carbonyl (C=O) groups is 2. The first kappa shape index (κ1) is 14.0. The molecule has 4 N–H and O–H groups in total. The molecule has 0 saturated carbocycles. The predicted molar refractivity (Wildman–Crippen MR) is 72.1 cm³/mol. The Morgan fingerprint density at radius 1 is 1.17 bits per heavy atom. The van der Waals surface area contributed by atoms with Gasteiger partial charge in [0.05, 0.1) is 11.4 Å².